The topological polar surface area (TPSA) is 50.4 Å². The van der Waals surface area contributed by atoms with Crippen molar-refractivity contribution in [2.75, 3.05) is 19.7 Å². The molecular weight excluding hydrogens is 300 g/mol. The van der Waals surface area contributed by atoms with Crippen LogP contribution in [0, 0.1) is 0 Å². The number of ether oxygens (including phenoxy) is 1. The van der Waals surface area contributed by atoms with Crippen molar-refractivity contribution in [3.05, 3.63) is 65.7 Å². The van der Waals surface area contributed by atoms with E-state index in [1.807, 2.05) is 30.3 Å². The number of amides is 2. The molecule has 0 unspecified atom stereocenters. The number of rotatable bonds is 8. The zero-order valence-electron chi connectivity index (χ0n) is 14.4. The van der Waals surface area contributed by atoms with Crippen LogP contribution in [0.2, 0.25) is 0 Å². The maximum atomic E-state index is 11.7. The highest BCUT2D eigenvalue weighted by Gasteiger charge is 2.01. The fourth-order valence-electron chi connectivity index (χ4n) is 2.31. The van der Waals surface area contributed by atoms with Gasteiger partial charge < -0.3 is 15.4 Å². The van der Waals surface area contributed by atoms with Crippen molar-refractivity contribution in [3.63, 3.8) is 0 Å². The average molecular weight is 326 g/mol. The molecule has 0 bridgehead atoms. The van der Waals surface area contributed by atoms with Crippen LogP contribution in [-0.2, 0) is 6.42 Å². The van der Waals surface area contributed by atoms with Gasteiger partial charge in [0.2, 0.25) is 0 Å². The highest BCUT2D eigenvalue weighted by atomic mass is 16.5. The second-order valence-corrected chi connectivity index (χ2v) is 5.99. The number of urea groups is 1. The van der Waals surface area contributed by atoms with Gasteiger partial charge in [-0.1, -0.05) is 56.3 Å². The molecule has 0 saturated carbocycles. The predicted molar refractivity (Wildman–Crippen MR) is 97.6 cm³/mol. The Labute approximate surface area is 144 Å². The molecule has 4 heteroatoms. The van der Waals surface area contributed by atoms with Crippen LogP contribution in [0.5, 0.6) is 5.75 Å². The second kappa shape index (κ2) is 9.60. The van der Waals surface area contributed by atoms with E-state index in [4.69, 9.17) is 4.74 Å². The Balaban J connectivity index is 1.57. The molecule has 0 saturated heterocycles. The molecule has 2 rings (SSSR count). The summed E-state index contributed by atoms with van der Waals surface area (Å²) >= 11 is 0. The molecular formula is C20H26N2O2. The third kappa shape index (κ3) is 6.32. The first-order valence-electron chi connectivity index (χ1n) is 8.43. The molecule has 0 spiro atoms. The van der Waals surface area contributed by atoms with Gasteiger partial charge in [0.15, 0.2) is 0 Å². The Kier molecular flexibility index (Phi) is 7.15. The standard InChI is InChI=1S/C20H26N2O2/c1-16(2)18-8-10-19(11-9-18)24-15-14-22-20(23)21-13-12-17-6-4-3-5-7-17/h3-11,16H,12-15H2,1-2H3,(H2,21,22,23). The minimum Gasteiger partial charge on any atom is -0.492 e. The summed E-state index contributed by atoms with van der Waals surface area (Å²) in [5, 5.41) is 5.64. The van der Waals surface area contributed by atoms with Crippen molar-refractivity contribution < 1.29 is 9.53 Å². The van der Waals surface area contributed by atoms with Gasteiger partial charge >= 0.3 is 6.03 Å². The van der Waals surface area contributed by atoms with E-state index in [1.54, 1.807) is 0 Å². The van der Waals surface area contributed by atoms with Crippen LogP contribution in [0.4, 0.5) is 4.79 Å². The zero-order valence-corrected chi connectivity index (χ0v) is 14.4. The van der Waals surface area contributed by atoms with E-state index in [-0.39, 0.29) is 6.03 Å². The van der Waals surface area contributed by atoms with E-state index in [0.29, 0.717) is 25.6 Å². The van der Waals surface area contributed by atoms with Gasteiger partial charge in [0.1, 0.15) is 12.4 Å². The number of carbonyl (C=O) groups excluding carboxylic acids is 1. The first kappa shape index (κ1) is 17.9. The van der Waals surface area contributed by atoms with E-state index in [2.05, 4.69) is 48.7 Å². The molecule has 0 aliphatic heterocycles. The number of nitrogens with one attached hydrogen (secondary N) is 2. The lowest BCUT2D eigenvalue weighted by molar-refractivity contribution is 0.236. The van der Waals surface area contributed by atoms with Crippen molar-refractivity contribution in [3.8, 4) is 5.75 Å². The maximum Gasteiger partial charge on any atom is 0.314 e. The van der Waals surface area contributed by atoms with Gasteiger partial charge in [0.25, 0.3) is 0 Å². The van der Waals surface area contributed by atoms with Gasteiger partial charge in [-0.25, -0.2) is 4.79 Å². The van der Waals surface area contributed by atoms with Crippen LogP contribution < -0.4 is 15.4 Å². The van der Waals surface area contributed by atoms with E-state index >= 15 is 0 Å². The molecule has 0 aliphatic rings. The first-order valence-corrected chi connectivity index (χ1v) is 8.43. The first-order chi connectivity index (χ1) is 11.6. The van der Waals surface area contributed by atoms with E-state index in [1.165, 1.54) is 11.1 Å². The van der Waals surface area contributed by atoms with Gasteiger partial charge in [-0.2, -0.15) is 0 Å². The normalized spacial score (nSPS) is 10.5. The lowest BCUT2D eigenvalue weighted by Gasteiger charge is -2.10. The van der Waals surface area contributed by atoms with E-state index < -0.39 is 0 Å². The third-order valence-electron chi connectivity index (χ3n) is 3.75. The van der Waals surface area contributed by atoms with Crippen LogP contribution in [0.1, 0.15) is 30.9 Å². The monoisotopic (exact) mass is 326 g/mol. The minimum atomic E-state index is -0.162. The van der Waals surface area contributed by atoms with Crippen LogP contribution >= 0.6 is 0 Å². The second-order valence-electron chi connectivity index (χ2n) is 5.99. The molecule has 24 heavy (non-hydrogen) atoms. The summed E-state index contributed by atoms with van der Waals surface area (Å²) in [6, 6.07) is 18.0. The summed E-state index contributed by atoms with van der Waals surface area (Å²) in [5.41, 5.74) is 2.50. The quantitative estimate of drug-likeness (QED) is 0.726. The summed E-state index contributed by atoms with van der Waals surface area (Å²) in [5.74, 6) is 1.34. The molecule has 2 N–H and O–H groups in total. The van der Waals surface area contributed by atoms with Gasteiger partial charge in [0.05, 0.1) is 6.54 Å². The zero-order chi connectivity index (χ0) is 17.2. The van der Waals surface area contributed by atoms with Crippen LogP contribution in [0.15, 0.2) is 54.6 Å². The molecule has 2 aromatic rings. The van der Waals surface area contributed by atoms with E-state index in [0.717, 1.165) is 12.2 Å². The molecule has 0 fully saturated rings. The molecule has 4 nitrogen and oxygen atoms in total. The fourth-order valence-corrected chi connectivity index (χ4v) is 2.31. The fraction of sp³-hybridized carbons (Fsp3) is 0.350. The predicted octanol–water partition coefficient (Wildman–Crippen LogP) is 3.73. The smallest absolute Gasteiger partial charge is 0.314 e. The van der Waals surface area contributed by atoms with Crippen molar-refractivity contribution >= 4 is 6.03 Å². The van der Waals surface area contributed by atoms with Gasteiger partial charge in [-0.3, -0.25) is 0 Å². The lowest BCUT2D eigenvalue weighted by Crippen LogP contribution is -2.38. The molecule has 2 amide bonds. The number of benzene rings is 2. The van der Waals surface area contributed by atoms with E-state index in [9.17, 15) is 4.79 Å². The van der Waals surface area contributed by atoms with Gasteiger partial charge in [-0.05, 0) is 35.6 Å². The Morgan fingerprint density at radius 2 is 1.62 bits per heavy atom. The summed E-state index contributed by atoms with van der Waals surface area (Å²) in [6.07, 6.45) is 0.826. The Morgan fingerprint density at radius 1 is 0.958 bits per heavy atom. The highest BCUT2D eigenvalue weighted by Crippen LogP contribution is 2.18. The van der Waals surface area contributed by atoms with Gasteiger partial charge in [-0.15, -0.1) is 0 Å². The summed E-state index contributed by atoms with van der Waals surface area (Å²) in [4.78, 5) is 11.7. The highest BCUT2D eigenvalue weighted by molar-refractivity contribution is 5.73. The summed E-state index contributed by atoms with van der Waals surface area (Å²) in [6.45, 7) is 5.87. The third-order valence-corrected chi connectivity index (χ3v) is 3.75. The Hall–Kier alpha value is -2.49. The van der Waals surface area contributed by atoms with Gasteiger partial charge in [0, 0.05) is 6.54 Å². The lowest BCUT2D eigenvalue weighted by atomic mass is 10.0. The SMILES string of the molecule is CC(C)c1ccc(OCCNC(=O)NCCc2ccccc2)cc1. The molecule has 0 aliphatic carbocycles. The summed E-state index contributed by atoms with van der Waals surface area (Å²) in [7, 11) is 0. The van der Waals surface area contributed by atoms with Crippen LogP contribution in [0.3, 0.4) is 0 Å². The molecule has 0 heterocycles. The van der Waals surface area contributed by atoms with Crippen molar-refractivity contribution in [2.45, 2.75) is 26.2 Å². The molecule has 0 atom stereocenters. The molecule has 2 aromatic carbocycles. The van der Waals surface area contributed by atoms with Crippen LogP contribution in [0.25, 0.3) is 0 Å². The Bertz CT molecular complexity index is 609. The maximum absolute atomic E-state index is 11.7. The Morgan fingerprint density at radius 3 is 2.29 bits per heavy atom. The number of hydrogen-bond donors (Lipinski definition) is 2. The largest absolute Gasteiger partial charge is 0.492 e. The minimum absolute atomic E-state index is 0.162. The van der Waals surface area contributed by atoms with Crippen LogP contribution in [-0.4, -0.2) is 25.7 Å². The summed E-state index contributed by atoms with van der Waals surface area (Å²) < 4.78 is 5.62. The average Bonchev–Trinajstić information content (AvgIpc) is 2.60. The number of hydrogen-bond acceptors (Lipinski definition) is 2. The van der Waals surface area contributed by atoms with Crippen molar-refractivity contribution in [2.24, 2.45) is 0 Å². The van der Waals surface area contributed by atoms with Crippen molar-refractivity contribution in [1.82, 2.24) is 10.6 Å². The molecule has 0 aromatic heterocycles. The van der Waals surface area contributed by atoms with Crippen molar-refractivity contribution in [1.29, 1.82) is 0 Å². The molecule has 128 valence electrons. The number of carbonyl (C=O) groups is 1. The molecule has 0 radical (unpaired) electrons.